The average molecular weight is 222 g/mol. The lowest BCUT2D eigenvalue weighted by Crippen LogP contribution is -2.37. The third kappa shape index (κ3) is 1.95. The van der Waals surface area contributed by atoms with E-state index in [2.05, 4.69) is 0 Å². The molecule has 0 N–H and O–H groups in total. The van der Waals surface area contributed by atoms with Crippen LogP contribution >= 0.6 is 0 Å². The van der Waals surface area contributed by atoms with Crippen LogP contribution in [-0.4, -0.2) is 24.2 Å². The zero-order chi connectivity index (χ0) is 11.5. The number of cyclic esters (lactones) is 1. The van der Waals surface area contributed by atoms with E-state index in [1.165, 1.54) is 17.0 Å². The number of nitrogens with zero attached hydrogens (tertiary/aromatic N) is 2. The van der Waals surface area contributed by atoms with Crippen molar-refractivity contribution in [2.75, 3.05) is 18.1 Å². The van der Waals surface area contributed by atoms with Crippen LogP contribution in [0.4, 0.5) is 16.2 Å². The Morgan fingerprint density at radius 1 is 1.31 bits per heavy atom. The highest BCUT2D eigenvalue weighted by Crippen LogP contribution is 2.21. The molecule has 1 fully saturated rings. The highest BCUT2D eigenvalue weighted by molar-refractivity contribution is 5.88. The van der Waals surface area contributed by atoms with Crippen molar-refractivity contribution in [2.24, 2.45) is 0 Å². The van der Waals surface area contributed by atoms with E-state index in [1.807, 2.05) is 0 Å². The minimum Gasteiger partial charge on any atom is -0.449 e. The molecule has 1 aromatic carbocycles. The molecule has 6 heteroatoms. The predicted octanol–water partition coefficient (Wildman–Crippen LogP) is 1.94. The van der Waals surface area contributed by atoms with Crippen molar-refractivity contribution < 1.29 is 14.5 Å². The second-order valence-electron chi connectivity index (χ2n) is 3.39. The molecule has 0 radical (unpaired) electrons. The largest absolute Gasteiger partial charge is 0.449 e. The van der Waals surface area contributed by atoms with Crippen LogP contribution in [0.5, 0.6) is 0 Å². The maximum atomic E-state index is 11.4. The monoisotopic (exact) mass is 222 g/mol. The lowest BCUT2D eigenvalue weighted by atomic mass is 10.2. The van der Waals surface area contributed by atoms with Crippen LogP contribution in [0.1, 0.15) is 6.42 Å². The number of ether oxygens (including phenoxy) is 1. The van der Waals surface area contributed by atoms with Crippen molar-refractivity contribution in [3.63, 3.8) is 0 Å². The molecule has 0 saturated carbocycles. The van der Waals surface area contributed by atoms with E-state index in [9.17, 15) is 14.9 Å². The summed E-state index contributed by atoms with van der Waals surface area (Å²) >= 11 is 0. The van der Waals surface area contributed by atoms with Crippen LogP contribution in [0.25, 0.3) is 0 Å². The van der Waals surface area contributed by atoms with Crippen LogP contribution in [-0.2, 0) is 4.74 Å². The highest BCUT2D eigenvalue weighted by atomic mass is 16.6. The Kier molecular flexibility index (Phi) is 2.72. The summed E-state index contributed by atoms with van der Waals surface area (Å²) < 4.78 is 4.88. The van der Waals surface area contributed by atoms with Gasteiger partial charge in [0.2, 0.25) is 0 Å². The van der Waals surface area contributed by atoms with E-state index >= 15 is 0 Å². The number of benzene rings is 1. The van der Waals surface area contributed by atoms with Crippen LogP contribution in [0, 0.1) is 10.1 Å². The lowest BCUT2D eigenvalue weighted by Gasteiger charge is -2.26. The summed E-state index contributed by atoms with van der Waals surface area (Å²) in [6.07, 6.45) is 0.364. The smallest absolute Gasteiger partial charge is 0.414 e. The lowest BCUT2D eigenvalue weighted by molar-refractivity contribution is -0.384. The molecule has 0 spiro atoms. The summed E-state index contributed by atoms with van der Waals surface area (Å²) in [7, 11) is 0. The molecule has 84 valence electrons. The Bertz CT molecular complexity index is 415. The molecule has 1 heterocycles. The summed E-state index contributed by atoms with van der Waals surface area (Å²) in [5.74, 6) is 0. The molecule has 16 heavy (non-hydrogen) atoms. The molecule has 0 unspecified atom stereocenters. The summed E-state index contributed by atoms with van der Waals surface area (Å²) in [6.45, 7) is 1.01. The second kappa shape index (κ2) is 4.18. The van der Waals surface area contributed by atoms with Crippen LogP contribution in [0.3, 0.4) is 0 Å². The van der Waals surface area contributed by atoms with Gasteiger partial charge in [-0.2, -0.15) is 0 Å². The van der Waals surface area contributed by atoms with Crippen molar-refractivity contribution >= 4 is 17.5 Å². The Morgan fingerprint density at radius 2 is 2.00 bits per heavy atom. The average Bonchev–Trinajstić information content (AvgIpc) is 2.30. The van der Waals surface area contributed by atoms with Crippen molar-refractivity contribution in [3.8, 4) is 0 Å². The van der Waals surface area contributed by atoms with Crippen LogP contribution in [0.2, 0.25) is 0 Å². The van der Waals surface area contributed by atoms with E-state index in [0.717, 1.165) is 6.42 Å². The van der Waals surface area contributed by atoms with Gasteiger partial charge >= 0.3 is 6.09 Å². The van der Waals surface area contributed by atoms with E-state index in [-0.39, 0.29) is 5.69 Å². The minimum atomic E-state index is -0.474. The summed E-state index contributed by atoms with van der Waals surface area (Å²) in [5.41, 5.74) is 0.629. The standard InChI is InChI=1S/C10H10N2O4/c13-10-11(6-1-7-16-10)8-2-4-9(5-3-8)12(14)15/h2-5H,1,6-7H2. The number of nitro benzene ring substituents is 1. The van der Waals surface area contributed by atoms with Gasteiger partial charge in [-0.25, -0.2) is 4.79 Å². The van der Waals surface area contributed by atoms with Gasteiger partial charge in [-0.3, -0.25) is 15.0 Å². The normalized spacial score (nSPS) is 15.8. The van der Waals surface area contributed by atoms with E-state index in [0.29, 0.717) is 18.8 Å². The highest BCUT2D eigenvalue weighted by Gasteiger charge is 2.21. The summed E-state index contributed by atoms with van der Waals surface area (Å²) in [6, 6.07) is 5.84. The first-order valence-electron chi connectivity index (χ1n) is 4.87. The third-order valence-corrected chi connectivity index (χ3v) is 2.34. The fraction of sp³-hybridized carbons (Fsp3) is 0.300. The summed E-state index contributed by atoms with van der Waals surface area (Å²) in [4.78, 5) is 22.8. The Hall–Kier alpha value is -2.11. The SMILES string of the molecule is O=C1OCCCN1c1ccc([N+](=O)[O-])cc1. The van der Waals surface area contributed by atoms with Gasteiger partial charge in [0, 0.05) is 24.4 Å². The Morgan fingerprint density at radius 3 is 2.56 bits per heavy atom. The van der Waals surface area contributed by atoms with Gasteiger partial charge in [0.05, 0.1) is 11.5 Å². The number of hydrogen-bond acceptors (Lipinski definition) is 4. The molecule has 0 aliphatic carbocycles. The quantitative estimate of drug-likeness (QED) is 0.566. The number of carbonyl (C=O) groups is 1. The van der Waals surface area contributed by atoms with Gasteiger partial charge in [-0.15, -0.1) is 0 Å². The molecule has 1 aliphatic rings. The van der Waals surface area contributed by atoms with Gasteiger partial charge in [-0.05, 0) is 18.6 Å². The molecular weight excluding hydrogens is 212 g/mol. The number of carbonyl (C=O) groups excluding carboxylic acids is 1. The second-order valence-corrected chi connectivity index (χ2v) is 3.39. The fourth-order valence-electron chi connectivity index (χ4n) is 1.54. The Balaban J connectivity index is 2.20. The van der Waals surface area contributed by atoms with E-state index in [4.69, 9.17) is 4.74 Å². The summed E-state index contributed by atoms with van der Waals surface area (Å²) in [5, 5.41) is 10.5. The number of amides is 1. The number of hydrogen-bond donors (Lipinski definition) is 0. The molecule has 2 rings (SSSR count). The number of nitro groups is 1. The van der Waals surface area contributed by atoms with Crippen molar-refractivity contribution in [3.05, 3.63) is 34.4 Å². The molecule has 0 bridgehead atoms. The fourth-order valence-corrected chi connectivity index (χ4v) is 1.54. The molecule has 1 aromatic rings. The first kappa shape index (κ1) is 10.4. The van der Waals surface area contributed by atoms with Gasteiger partial charge in [0.15, 0.2) is 0 Å². The third-order valence-electron chi connectivity index (χ3n) is 2.34. The van der Waals surface area contributed by atoms with Gasteiger partial charge < -0.3 is 4.74 Å². The van der Waals surface area contributed by atoms with Crippen LogP contribution in [0.15, 0.2) is 24.3 Å². The Labute approximate surface area is 91.6 Å². The predicted molar refractivity (Wildman–Crippen MR) is 56.4 cm³/mol. The van der Waals surface area contributed by atoms with Crippen LogP contribution < -0.4 is 4.90 Å². The molecule has 0 atom stereocenters. The zero-order valence-corrected chi connectivity index (χ0v) is 8.46. The molecule has 6 nitrogen and oxygen atoms in total. The van der Waals surface area contributed by atoms with E-state index in [1.54, 1.807) is 12.1 Å². The molecule has 0 aromatic heterocycles. The number of anilines is 1. The van der Waals surface area contributed by atoms with Crippen molar-refractivity contribution in [1.29, 1.82) is 0 Å². The van der Waals surface area contributed by atoms with Crippen molar-refractivity contribution in [2.45, 2.75) is 6.42 Å². The first-order valence-corrected chi connectivity index (χ1v) is 4.87. The molecule has 1 amide bonds. The van der Waals surface area contributed by atoms with Gasteiger partial charge in [0.25, 0.3) is 5.69 Å². The zero-order valence-electron chi connectivity index (χ0n) is 8.46. The molecule has 1 aliphatic heterocycles. The maximum Gasteiger partial charge on any atom is 0.414 e. The number of rotatable bonds is 2. The first-order chi connectivity index (χ1) is 7.68. The van der Waals surface area contributed by atoms with Crippen molar-refractivity contribution in [1.82, 2.24) is 0 Å². The molecular formula is C10H10N2O4. The minimum absolute atomic E-state index is 0.00845. The topological polar surface area (TPSA) is 72.7 Å². The van der Waals surface area contributed by atoms with Gasteiger partial charge in [-0.1, -0.05) is 0 Å². The number of non-ortho nitro benzene ring substituents is 1. The maximum absolute atomic E-state index is 11.4. The van der Waals surface area contributed by atoms with Gasteiger partial charge in [0.1, 0.15) is 0 Å². The molecule has 1 saturated heterocycles. The van der Waals surface area contributed by atoms with E-state index < -0.39 is 11.0 Å².